The van der Waals surface area contributed by atoms with Gasteiger partial charge in [-0.25, -0.2) is 0 Å². The predicted molar refractivity (Wildman–Crippen MR) is 118 cm³/mol. The molecule has 2 aromatic rings. The Morgan fingerprint density at radius 3 is 2.47 bits per heavy atom. The summed E-state index contributed by atoms with van der Waals surface area (Å²) in [6.45, 7) is 6.03. The van der Waals surface area contributed by atoms with Crippen LogP contribution in [0, 0.1) is 25.2 Å². The maximum absolute atomic E-state index is 13.1. The second-order valence-electron chi connectivity index (χ2n) is 7.34. The third kappa shape index (κ3) is 4.16. The summed E-state index contributed by atoms with van der Waals surface area (Å²) in [4.78, 5) is 36.7. The van der Waals surface area contributed by atoms with Crippen molar-refractivity contribution in [1.82, 2.24) is 4.57 Å². The number of carbonyl (C=O) groups is 2. The zero-order valence-electron chi connectivity index (χ0n) is 18.2. The second-order valence-corrected chi connectivity index (χ2v) is 7.34. The highest BCUT2D eigenvalue weighted by Gasteiger charge is 2.30. The van der Waals surface area contributed by atoms with Gasteiger partial charge < -0.3 is 9.84 Å². The number of esters is 1. The molecule has 0 radical (unpaired) electrons. The number of carbonyl (C=O) groups excluding carboxylic acids is 2. The van der Waals surface area contributed by atoms with E-state index in [1.54, 1.807) is 19.1 Å². The largest absolute Gasteiger partial charge is 0.494 e. The van der Waals surface area contributed by atoms with E-state index >= 15 is 0 Å². The molecule has 1 aromatic carbocycles. The Hall–Kier alpha value is -4.19. The molecule has 9 nitrogen and oxygen atoms in total. The van der Waals surface area contributed by atoms with Gasteiger partial charge in [0.05, 0.1) is 23.5 Å². The Morgan fingerprint density at radius 1 is 1.22 bits per heavy atom. The minimum Gasteiger partial charge on any atom is -0.494 e. The molecule has 1 amide bonds. The zero-order chi connectivity index (χ0) is 23.6. The third-order valence-corrected chi connectivity index (χ3v) is 5.10. The van der Waals surface area contributed by atoms with Crippen LogP contribution in [0.1, 0.15) is 36.1 Å². The topological polar surface area (TPSA) is 125 Å². The highest BCUT2D eigenvalue weighted by Crippen LogP contribution is 2.29. The molecule has 0 spiro atoms. The van der Waals surface area contributed by atoms with Crippen LogP contribution >= 0.6 is 0 Å². The summed E-state index contributed by atoms with van der Waals surface area (Å²) in [5, 5.41) is 25.8. The summed E-state index contributed by atoms with van der Waals surface area (Å²) in [6.07, 6.45) is 1.42. The normalized spacial score (nSPS) is 14.5. The van der Waals surface area contributed by atoms with Crippen molar-refractivity contribution in [3.8, 4) is 11.9 Å². The lowest BCUT2D eigenvalue weighted by Crippen LogP contribution is -2.27. The Labute approximate surface area is 184 Å². The number of rotatable bonds is 5. The molecular formula is C23H22N4O5. The lowest BCUT2D eigenvalue weighted by molar-refractivity contribution is -0.141. The fourth-order valence-corrected chi connectivity index (χ4v) is 3.32. The minimum atomic E-state index is -0.707. The number of nitriles is 1. The van der Waals surface area contributed by atoms with Gasteiger partial charge in [-0.1, -0.05) is 17.7 Å². The molecule has 1 aromatic heterocycles. The second kappa shape index (κ2) is 8.89. The van der Waals surface area contributed by atoms with Crippen LogP contribution in [0.15, 0.2) is 39.7 Å². The van der Waals surface area contributed by atoms with Crippen LogP contribution in [0.3, 0.4) is 0 Å². The Balaban J connectivity index is 2.07. The van der Waals surface area contributed by atoms with Gasteiger partial charge >= 0.3 is 5.97 Å². The van der Waals surface area contributed by atoms with Crippen LogP contribution in [0.5, 0.6) is 5.88 Å². The molecule has 9 heteroatoms. The van der Waals surface area contributed by atoms with Crippen molar-refractivity contribution in [2.75, 3.05) is 11.6 Å². The lowest BCUT2D eigenvalue weighted by Gasteiger charge is -2.15. The van der Waals surface area contributed by atoms with Crippen molar-refractivity contribution < 1.29 is 19.4 Å². The van der Waals surface area contributed by atoms with Gasteiger partial charge in [0.15, 0.2) is 0 Å². The van der Waals surface area contributed by atoms with Gasteiger partial charge in [-0.3, -0.25) is 19.0 Å². The van der Waals surface area contributed by atoms with Gasteiger partial charge in [-0.2, -0.15) is 15.4 Å². The monoisotopic (exact) mass is 434 g/mol. The SMILES string of the molecule is CC(=O)OCCn1c(O)c(/C=C2/C(=O)N(c3ccc(C)cc3)N=C2C)c(C)c(C#N)c1=O. The number of aromatic nitrogens is 1. The van der Waals surface area contributed by atoms with Crippen LogP contribution < -0.4 is 10.6 Å². The minimum absolute atomic E-state index is 0.146. The zero-order valence-corrected chi connectivity index (χ0v) is 18.2. The fourth-order valence-electron chi connectivity index (χ4n) is 3.32. The van der Waals surface area contributed by atoms with E-state index < -0.39 is 23.3 Å². The Morgan fingerprint density at radius 2 is 1.88 bits per heavy atom. The summed E-state index contributed by atoms with van der Waals surface area (Å²) in [5.41, 5.74) is 1.77. The van der Waals surface area contributed by atoms with Crippen LogP contribution in [0.25, 0.3) is 6.08 Å². The van der Waals surface area contributed by atoms with Gasteiger partial charge in [-0.05, 0) is 44.5 Å². The van der Waals surface area contributed by atoms with E-state index in [1.165, 1.54) is 24.9 Å². The number of anilines is 1. The van der Waals surface area contributed by atoms with Crippen molar-refractivity contribution in [2.24, 2.45) is 5.10 Å². The van der Waals surface area contributed by atoms with E-state index in [9.17, 15) is 24.8 Å². The number of amides is 1. The van der Waals surface area contributed by atoms with Gasteiger partial charge in [0.1, 0.15) is 18.2 Å². The first-order valence-corrected chi connectivity index (χ1v) is 9.84. The van der Waals surface area contributed by atoms with E-state index in [0.717, 1.165) is 10.1 Å². The number of aryl methyl sites for hydroxylation is 1. The summed E-state index contributed by atoms with van der Waals surface area (Å²) >= 11 is 0. The van der Waals surface area contributed by atoms with Crippen molar-refractivity contribution >= 4 is 29.4 Å². The van der Waals surface area contributed by atoms with Crippen molar-refractivity contribution in [3.05, 3.63) is 62.4 Å². The van der Waals surface area contributed by atoms with E-state index in [4.69, 9.17) is 4.74 Å². The van der Waals surface area contributed by atoms with Crippen molar-refractivity contribution in [1.29, 1.82) is 5.26 Å². The lowest BCUT2D eigenvalue weighted by atomic mass is 10.0. The number of aromatic hydroxyl groups is 1. The number of ether oxygens (including phenoxy) is 1. The number of benzene rings is 1. The summed E-state index contributed by atoms with van der Waals surface area (Å²) < 4.78 is 5.80. The fraction of sp³-hybridized carbons (Fsp3) is 0.261. The quantitative estimate of drug-likeness (QED) is 0.569. The molecule has 1 aliphatic rings. The maximum atomic E-state index is 13.1. The van der Waals surface area contributed by atoms with E-state index in [2.05, 4.69) is 5.10 Å². The smallest absolute Gasteiger partial charge is 0.302 e. The van der Waals surface area contributed by atoms with E-state index in [1.807, 2.05) is 25.1 Å². The molecule has 1 N–H and O–H groups in total. The highest BCUT2D eigenvalue weighted by atomic mass is 16.5. The molecule has 1 aliphatic heterocycles. The van der Waals surface area contributed by atoms with Gasteiger partial charge in [-0.15, -0.1) is 0 Å². The van der Waals surface area contributed by atoms with Crippen LogP contribution in [0.4, 0.5) is 5.69 Å². The molecule has 0 atom stereocenters. The Kier molecular flexibility index (Phi) is 6.25. The average Bonchev–Trinajstić information content (AvgIpc) is 3.02. The first-order chi connectivity index (χ1) is 15.1. The van der Waals surface area contributed by atoms with Gasteiger partial charge in [0.25, 0.3) is 11.5 Å². The molecule has 0 saturated heterocycles. The molecule has 0 aliphatic carbocycles. The average molecular weight is 434 g/mol. The summed E-state index contributed by atoms with van der Waals surface area (Å²) in [7, 11) is 0. The van der Waals surface area contributed by atoms with Crippen molar-refractivity contribution in [2.45, 2.75) is 34.2 Å². The number of hydrogen-bond donors (Lipinski definition) is 1. The molecule has 0 saturated carbocycles. The maximum Gasteiger partial charge on any atom is 0.302 e. The Bertz CT molecular complexity index is 1260. The van der Waals surface area contributed by atoms with Crippen LogP contribution in [-0.2, 0) is 20.9 Å². The van der Waals surface area contributed by atoms with E-state index in [-0.39, 0.29) is 35.4 Å². The molecule has 0 bridgehead atoms. The number of hydrogen-bond acceptors (Lipinski definition) is 7. The number of hydrazone groups is 1. The standard InChI is InChI=1S/C23H22N4O5/c1-13-5-7-17(8-6-13)27-23(31)19(15(3)25-27)11-18-14(2)20(12-24)22(30)26(21(18)29)9-10-32-16(4)28/h5-8,11,29H,9-10H2,1-4H3/b19-11+. The molecular weight excluding hydrogens is 412 g/mol. The van der Waals surface area contributed by atoms with Crippen LogP contribution in [-0.4, -0.2) is 33.9 Å². The number of pyridine rings is 1. The highest BCUT2D eigenvalue weighted by molar-refractivity contribution is 6.32. The van der Waals surface area contributed by atoms with Gasteiger partial charge in [0, 0.05) is 12.5 Å². The van der Waals surface area contributed by atoms with Crippen molar-refractivity contribution in [3.63, 3.8) is 0 Å². The summed E-state index contributed by atoms with van der Waals surface area (Å²) in [6, 6.07) is 9.13. The predicted octanol–water partition coefficient (Wildman–Crippen LogP) is 2.41. The van der Waals surface area contributed by atoms with Gasteiger partial charge in [0.2, 0.25) is 5.88 Å². The first kappa shape index (κ1) is 22.5. The molecule has 164 valence electrons. The molecule has 0 unspecified atom stereocenters. The summed E-state index contributed by atoms with van der Waals surface area (Å²) in [5.74, 6) is -1.37. The third-order valence-electron chi connectivity index (χ3n) is 5.10. The number of nitrogens with zero attached hydrogens (tertiary/aromatic N) is 4. The molecule has 2 heterocycles. The first-order valence-electron chi connectivity index (χ1n) is 9.84. The van der Waals surface area contributed by atoms with Crippen LogP contribution in [0.2, 0.25) is 0 Å². The molecule has 32 heavy (non-hydrogen) atoms. The molecule has 3 rings (SSSR count). The van der Waals surface area contributed by atoms with E-state index in [0.29, 0.717) is 11.4 Å². The molecule has 0 fully saturated rings.